The van der Waals surface area contributed by atoms with E-state index >= 15 is 0 Å². The Labute approximate surface area is 194 Å². The van der Waals surface area contributed by atoms with Gasteiger partial charge in [-0.05, 0) is 36.4 Å². The summed E-state index contributed by atoms with van der Waals surface area (Å²) in [5.41, 5.74) is 1.14. The Morgan fingerprint density at radius 1 is 1.03 bits per heavy atom. The first-order valence-corrected chi connectivity index (χ1v) is 10.5. The minimum Gasteiger partial charge on any atom is -0.503 e. The number of nitrogens with zero attached hydrogens (tertiary/aromatic N) is 2. The summed E-state index contributed by atoms with van der Waals surface area (Å²) in [6, 6.07) is 17.9. The van der Waals surface area contributed by atoms with Crippen molar-refractivity contribution in [2.24, 2.45) is 0 Å². The number of aliphatic hydroxyl groups excluding tert-OH is 1. The number of fused-ring (bicyclic) bond motifs is 1. The lowest BCUT2D eigenvalue weighted by Crippen LogP contribution is -2.31. The lowest BCUT2D eigenvalue weighted by atomic mass is 9.98. The fraction of sp³-hybridized carbons (Fsp3) is 0.115. The third kappa shape index (κ3) is 3.36. The highest BCUT2D eigenvalue weighted by atomic mass is 16.5. The lowest BCUT2D eigenvalue weighted by molar-refractivity contribution is -0.117. The first kappa shape index (κ1) is 21.3. The van der Waals surface area contributed by atoms with Gasteiger partial charge in [-0.25, -0.2) is 0 Å². The molecule has 2 aromatic carbocycles. The van der Waals surface area contributed by atoms with Crippen LogP contribution in [0.1, 0.15) is 22.3 Å². The van der Waals surface area contributed by atoms with Gasteiger partial charge < -0.3 is 19.0 Å². The number of Topliss-reactive ketones (excluding diaryl/α,β-unsaturated/α-hetero) is 1. The molecule has 0 aliphatic carbocycles. The van der Waals surface area contributed by atoms with Crippen LogP contribution in [0, 0.1) is 0 Å². The number of rotatable bonds is 6. The van der Waals surface area contributed by atoms with E-state index in [-0.39, 0.29) is 11.3 Å². The summed E-state index contributed by atoms with van der Waals surface area (Å²) in [4.78, 5) is 32.6. The molecule has 170 valence electrons. The summed E-state index contributed by atoms with van der Waals surface area (Å²) < 4.78 is 16.4. The standard InChI is InChI=1S/C26H20N2O6/c1-32-17-9-6-8-16(14-17)28-22(18-10-3-4-12-27-18)21(24(30)26(28)31)23(29)20-13-15-7-5-11-19(33-2)25(15)34-20/h3-14,22,30H,1-2H3. The summed E-state index contributed by atoms with van der Waals surface area (Å²) in [7, 11) is 3.02. The molecule has 0 radical (unpaired) electrons. The molecule has 2 aromatic heterocycles. The van der Waals surface area contributed by atoms with Crippen molar-refractivity contribution < 1.29 is 28.6 Å². The van der Waals surface area contributed by atoms with Crippen LogP contribution in [0.15, 0.2) is 88.7 Å². The van der Waals surface area contributed by atoms with Gasteiger partial charge in [-0.2, -0.15) is 0 Å². The van der Waals surface area contributed by atoms with Crippen molar-refractivity contribution >= 4 is 28.3 Å². The second-order valence-electron chi connectivity index (χ2n) is 7.61. The summed E-state index contributed by atoms with van der Waals surface area (Å²) in [5, 5.41) is 11.6. The molecule has 1 atom stereocenters. The topological polar surface area (TPSA) is 102 Å². The van der Waals surface area contributed by atoms with Crippen LogP contribution in [-0.4, -0.2) is 36.0 Å². The SMILES string of the molecule is COc1cccc(N2C(=O)C(O)=C(C(=O)c3cc4cccc(OC)c4o3)C2c2ccccn2)c1. The minimum absolute atomic E-state index is 0.0257. The average Bonchev–Trinajstić information content (AvgIpc) is 3.43. The van der Waals surface area contributed by atoms with E-state index in [0.29, 0.717) is 33.8 Å². The Balaban J connectivity index is 1.65. The molecule has 8 nitrogen and oxygen atoms in total. The number of carbonyl (C=O) groups is 2. The second-order valence-corrected chi connectivity index (χ2v) is 7.61. The molecule has 1 amide bonds. The Morgan fingerprint density at radius 2 is 1.85 bits per heavy atom. The van der Waals surface area contributed by atoms with Crippen molar-refractivity contribution in [3.05, 3.63) is 95.7 Å². The van der Waals surface area contributed by atoms with Gasteiger partial charge in [0.2, 0.25) is 5.78 Å². The van der Waals surface area contributed by atoms with E-state index in [9.17, 15) is 14.7 Å². The molecule has 3 heterocycles. The van der Waals surface area contributed by atoms with E-state index in [1.165, 1.54) is 19.1 Å². The van der Waals surface area contributed by atoms with Crippen molar-refractivity contribution in [2.75, 3.05) is 19.1 Å². The number of anilines is 1. The monoisotopic (exact) mass is 456 g/mol. The van der Waals surface area contributed by atoms with E-state index < -0.39 is 23.5 Å². The fourth-order valence-corrected chi connectivity index (χ4v) is 4.12. The number of carbonyl (C=O) groups excluding carboxylic acids is 2. The van der Waals surface area contributed by atoms with Crippen molar-refractivity contribution in [3.8, 4) is 11.5 Å². The van der Waals surface area contributed by atoms with Crippen LogP contribution in [0.25, 0.3) is 11.0 Å². The molecule has 5 rings (SSSR count). The number of ketones is 1. The van der Waals surface area contributed by atoms with Crippen LogP contribution < -0.4 is 14.4 Å². The maximum absolute atomic E-state index is 13.7. The third-order valence-electron chi connectivity index (χ3n) is 5.70. The molecule has 34 heavy (non-hydrogen) atoms. The highest BCUT2D eigenvalue weighted by Gasteiger charge is 2.46. The maximum atomic E-state index is 13.7. The van der Waals surface area contributed by atoms with Gasteiger partial charge >= 0.3 is 0 Å². The van der Waals surface area contributed by atoms with Crippen LogP contribution in [0.4, 0.5) is 5.69 Å². The van der Waals surface area contributed by atoms with Crippen molar-refractivity contribution in [1.82, 2.24) is 4.98 Å². The number of aliphatic hydroxyl groups is 1. The van der Waals surface area contributed by atoms with E-state index in [1.807, 2.05) is 0 Å². The van der Waals surface area contributed by atoms with E-state index in [4.69, 9.17) is 13.9 Å². The zero-order chi connectivity index (χ0) is 23.8. The van der Waals surface area contributed by atoms with Gasteiger partial charge in [0.05, 0.1) is 25.5 Å². The lowest BCUT2D eigenvalue weighted by Gasteiger charge is -2.26. The Bertz CT molecular complexity index is 1440. The quantitative estimate of drug-likeness (QED) is 0.422. The molecule has 4 aromatic rings. The van der Waals surface area contributed by atoms with E-state index in [2.05, 4.69) is 4.98 Å². The largest absolute Gasteiger partial charge is 0.503 e. The number of methoxy groups -OCH3 is 2. The first-order valence-electron chi connectivity index (χ1n) is 10.5. The molecule has 0 bridgehead atoms. The second kappa shape index (κ2) is 8.40. The van der Waals surface area contributed by atoms with Gasteiger partial charge in [-0.3, -0.25) is 19.5 Å². The Morgan fingerprint density at radius 3 is 2.59 bits per heavy atom. The van der Waals surface area contributed by atoms with Gasteiger partial charge in [0.1, 0.15) is 11.8 Å². The van der Waals surface area contributed by atoms with Crippen molar-refractivity contribution in [1.29, 1.82) is 0 Å². The zero-order valence-corrected chi connectivity index (χ0v) is 18.4. The average molecular weight is 456 g/mol. The molecule has 0 saturated carbocycles. The molecule has 1 N–H and O–H groups in total. The summed E-state index contributed by atoms with van der Waals surface area (Å²) in [6.07, 6.45) is 1.56. The number of benzene rings is 2. The third-order valence-corrected chi connectivity index (χ3v) is 5.70. The van der Waals surface area contributed by atoms with Crippen molar-refractivity contribution in [3.63, 3.8) is 0 Å². The van der Waals surface area contributed by atoms with Crippen LogP contribution in [0.3, 0.4) is 0 Å². The molecular weight excluding hydrogens is 436 g/mol. The number of hydrogen-bond donors (Lipinski definition) is 1. The van der Waals surface area contributed by atoms with Gasteiger partial charge in [0.25, 0.3) is 5.91 Å². The Hall–Kier alpha value is -4.59. The smallest absolute Gasteiger partial charge is 0.294 e. The van der Waals surface area contributed by atoms with E-state index in [1.54, 1.807) is 72.9 Å². The summed E-state index contributed by atoms with van der Waals surface area (Å²) in [6.45, 7) is 0. The number of amides is 1. The molecule has 0 spiro atoms. The highest BCUT2D eigenvalue weighted by molar-refractivity contribution is 6.20. The molecule has 8 heteroatoms. The number of para-hydroxylation sites is 1. The molecular formula is C26H20N2O6. The predicted octanol–water partition coefficient (Wildman–Crippen LogP) is 4.63. The molecule has 1 aliphatic heterocycles. The predicted molar refractivity (Wildman–Crippen MR) is 124 cm³/mol. The zero-order valence-electron chi connectivity index (χ0n) is 18.4. The van der Waals surface area contributed by atoms with Crippen LogP contribution in [0.2, 0.25) is 0 Å². The van der Waals surface area contributed by atoms with Gasteiger partial charge in [-0.15, -0.1) is 0 Å². The number of aromatic nitrogens is 1. The maximum Gasteiger partial charge on any atom is 0.294 e. The van der Waals surface area contributed by atoms with Gasteiger partial charge in [-0.1, -0.05) is 24.3 Å². The van der Waals surface area contributed by atoms with Crippen LogP contribution in [0.5, 0.6) is 11.5 Å². The molecule has 0 saturated heterocycles. The fourth-order valence-electron chi connectivity index (χ4n) is 4.12. The number of hydrogen-bond acceptors (Lipinski definition) is 7. The summed E-state index contributed by atoms with van der Waals surface area (Å²) >= 11 is 0. The van der Waals surface area contributed by atoms with Gasteiger partial charge in [0, 0.05) is 23.3 Å². The molecule has 1 aliphatic rings. The number of pyridine rings is 1. The number of furan rings is 1. The van der Waals surface area contributed by atoms with Crippen molar-refractivity contribution in [2.45, 2.75) is 6.04 Å². The van der Waals surface area contributed by atoms with Gasteiger partial charge in [0.15, 0.2) is 22.9 Å². The molecule has 0 fully saturated rings. The Kier molecular flexibility index (Phi) is 5.25. The van der Waals surface area contributed by atoms with Crippen LogP contribution >= 0.6 is 0 Å². The summed E-state index contributed by atoms with van der Waals surface area (Å²) in [5.74, 6) is -1.03. The first-order chi connectivity index (χ1) is 16.5. The minimum atomic E-state index is -0.969. The van der Waals surface area contributed by atoms with Crippen LogP contribution in [-0.2, 0) is 4.79 Å². The number of ether oxygens (including phenoxy) is 2. The van der Waals surface area contributed by atoms with E-state index in [0.717, 1.165) is 0 Å². The normalized spacial score (nSPS) is 15.8. The highest BCUT2D eigenvalue weighted by Crippen LogP contribution is 2.42. The molecule has 1 unspecified atom stereocenters.